The molecular weight excluding hydrogens is 216 g/mol. The number of aromatic hydroxyl groups is 1. The number of para-hydroxylation sites is 1. The van der Waals surface area contributed by atoms with Gasteiger partial charge in [0.25, 0.3) is 0 Å². The van der Waals surface area contributed by atoms with E-state index in [2.05, 4.69) is 4.72 Å². The number of nitriles is 1. The Kier molecular flexibility index (Phi) is 3.66. The fourth-order valence-electron chi connectivity index (χ4n) is 0.984. The molecule has 0 unspecified atom stereocenters. The lowest BCUT2D eigenvalue weighted by molar-refractivity contribution is 0.467. The molecule has 6 heteroatoms. The Bertz CT molecular complexity index is 476. The second kappa shape index (κ2) is 4.77. The molecule has 0 saturated carbocycles. The fraction of sp³-hybridized carbons (Fsp3) is 0.222. The van der Waals surface area contributed by atoms with Gasteiger partial charge in [-0.05, 0) is 6.07 Å². The molecule has 0 aliphatic heterocycles. The zero-order chi connectivity index (χ0) is 11.3. The predicted octanol–water partition coefficient (Wildman–Crippen LogP) is 0.335. The van der Waals surface area contributed by atoms with Crippen LogP contribution < -0.4 is 4.72 Å². The number of rotatable bonds is 4. The van der Waals surface area contributed by atoms with E-state index in [1.54, 1.807) is 24.3 Å². The third-order valence-corrected chi connectivity index (χ3v) is 2.82. The molecule has 0 aliphatic carbocycles. The first-order valence-electron chi connectivity index (χ1n) is 4.16. The molecule has 1 rings (SSSR count). The highest BCUT2D eigenvalue weighted by atomic mass is 32.2. The average Bonchev–Trinajstić information content (AvgIpc) is 2.16. The van der Waals surface area contributed by atoms with Crippen LogP contribution in [0.3, 0.4) is 0 Å². The number of nitrogens with zero attached hydrogens (tertiary/aromatic N) is 1. The summed E-state index contributed by atoms with van der Waals surface area (Å²) in [6.07, 6.45) is 0. The third kappa shape index (κ3) is 3.58. The SMILES string of the molecule is N#CCS(=O)(=O)NCc1ccccc1O. The van der Waals surface area contributed by atoms with Gasteiger partial charge >= 0.3 is 0 Å². The first-order chi connectivity index (χ1) is 7.05. The van der Waals surface area contributed by atoms with Crippen LogP contribution in [0.4, 0.5) is 0 Å². The van der Waals surface area contributed by atoms with Crippen molar-refractivity contribution in [3.63, 3.8) is 0 Å². The summed E-state index contributed by atoms with van der Waals surface area (Å²) in [5, 5.41) is 17.6. The number of benzene rings is 1. The van der Waals surface area contributed by atoms with E-state index < -0.39 is 15.8 Å². The van der Waals surface area contributed by atoms with E-state index in [1.807, 2.05) is 0 Å². The maximum Gasteiger partial charge on any atom is 0.225 e. The maximum absolute atomic E-state index is 11.1. The minimum absolute atomic E-state index is 0.0172. The predicted molar refractivity (Wildman–Crippen MR) is 54.3 cm³/mol. The highest BCUT2D eigenvalue weighted by Gasteiger charge is 2.09. The van der Waals surface area contributed by atoms with Crippen LogP contribution in [0, 0.1) is 11.3 Å². The van der Waals surface area contributed by atoms with Crippen molar-refractivity contribution in [2.24, 2.45) is 0 Å². The Labute approximate surface area is 88.0 Å². The van der Waals surface area contributed by atoms with Gasteiger partial charge in [0, 0.05) is 12.1 Å². The van der Waals surface area contributed by atoms with Crippen molar-refractivity contribution in [2.75, 3.05) is 5.75 Å². The molecular formula is C9H10N2O3S. The first kappa shape index (κ1) is 11.5. The normalized spacial score (nSPS) is 10.9. The molecule has 0 heterocycles. The molecule has 15 heavy (non-hydrogen) atoms. The Morgan fingerprint density at radius 2 is 2.07 bits per heavy atom. The lowest BCUT2D eigenvalue weighted by Gasteiger charge is -2.05. The van der Waals surface area contributed by atoms with Gasteiger partial charge in [-0.1, -0.05) is 18.2 Å². The lowest BCUT2D eigenvalue weighted by atomic mass is 10.2. The average molecular weight is 226 g/mol. The van der Waals surface area contributed by atoms with E-state index in [9.17, 15) is 13.5 Å². The number of hydrogen-bond acceptors (Lipinski definition) is 4. The van der Waals surface area contributed by atoms with Crippen molar-refractivity contribution in [1.82, 2.24) is 4.72 Å². The number of phenolic OH excluding ortho intramolecular Hbond substituents is 1. The zero-order valence-corrected chi connectivity index (χ0v) is 8.66. The number of sulfonamides is 1. The van der Waals surface area contributed by atoms with Crippen LogP contribution in [0.1, 0.15) is 5.56 Å². The Hall–Kier alpha value is -1.58. The summed E-state index contributed by atoms with van der Waals surface area (Å²) in [4.78, 5) is 0. The first-order valence-corrected chi connectivity index (χ1v) is 5.81. The van der Waals surface area contributed by atoms with E-state index in [0.717, 1.165) is 0 Å². The smallest absolute Gasteiger partial charge is 0.225 e. The van der Waals surface area contributed by atoms with Gasteiger partial charge in [0.15, 0.2) is 5.75 Å². The molecule has 1 aromatic carbocycles. The van der Waals surface area contributed by atoms with Crippen LogP contribution in [0.15, 0.2) is 24.3 Å². The van der Waals surface area contributed by atoms with E-state index in [0.29, 0.717) is 5.56 Å². The summed E-state index contributed by atoms with van der Waals surface area (Å²) in [5.41, 5.74) is 0.471. The largest absolute Gasteiger partial charge is 0.508 e. The van der Waals surface area contributed by atoms with Crippen molar-refractivity contribution in [1.29, 1.82) is 5.26 Å². The number of hydrogen-bond donors (Lipinski definition) is 2. The summed E-state index contributed by atoms with van der Waals surface area (Å²) >= 11 is 0. The van der Waals surface area contributed by atoms with Crippen molar-refractivity contribution < 1.29 is 13.5 Å². The molecule has 0 bridgehead atoms. The quantitative estimate of drug-likeness (QED) is 0.774. The minimum atomic E-state index is -3.57. The molecule has 0 aromatic heterocycles. The minimum Gasteiger partial charge on any atom is -0.508 e. The molecule has 0 radical (unpaired) electrons. The lowest BCUT2D eigenvalue weighted by Crippen LogP contribution is -2.25. The second-order valence-corrected chi connectivity index (χ2v) is 4.67. The summed E-state index contributed by atoms with van der Waals surface area (Å²) in [5.74, 6) is -0.558. The molecule has 1 aromatic rings. The monoisotopic (exact) mass is 226 g/mol. The second-order valence-electron chi connectivity index (χ2n) is 2.87. The van der Waals surface area contributed by atoms with Crippen LogP contribution in [-0.4, -0.2) is 19.3 Å². The number of phenols is 1. The molecule has 0 fully saturated rings. The standard InChI is InChI=1S/C9H10N2O3S/c10-5-6-15(13,14)11-7-8-3-1-2-4-9(8)12/h1-4,11-12H,6-7H2. The van der Waals surface area contributed by atoms with E-state index in [4.69, 9.17) is 5.26 Å². The Morgan fingerprint density at radius 1 is 1.40 bits per heavy atom. The van der Waals surface area contributed by atoms with Gasteiger partial charge in [0.2, 0.25) is 10.0 Å². The van der Waals surface area contributed by atoms with Crippen molar-refractivity contribution in [3.05, 3.63) is 29.8 Å². The highest BCUT2D eigenvalue weighted by molar-refractivity contribution is 7.89. The van der Waals surface area contributed by atoms with Gasteiger partial charge in [-0.2, -0.15) is 5.26 Å². The summed E-state index contributed by atoms with van der Waals surface area (Å²) in [6, 6.07) is 7.94. The number of nitrogens with one attached hydrogen (secondary N) is 1. The highest BCUT2D eigenvalue weighted by Crippen LogP contribution is 2.14. The molecule has 0 saturated heterocycles. The zero-order valence-electron chi connectivity index (χ0n) is 7.84. The van der Waals surface area contributed by atoms with Crippen LogP contribution in [0.5, 0.6) is 5.75 Å². The molecule has 5 nitrogen and oxygen atoms in total. The molecule has 80 valence electrons. The molecule has 0 spiro atoms. The van der Waals surface area contributed by atoms with E-state index in [-0.39, 0.29) is 12.3 Å². The summed E-state index contributed by atoms with van der Waals surface area (Å²) in [7, 11) is -3.57. The van der Waals surface area contributed by atoms with Crippen molar-refractivity contribution in [3.8, 4) is 11.8 Å². The summed E-state index contributed by atoms with van der Waals surface area (Å²) in [6.45, 7) is -0.0172. The maximum atomic E-state index is 11.1. The van der Waals surface area contributed by atoms with E-state index >= 15 is 0 Å². The van der Waals surface area contributed by atoms with Gasteiger partial charge in [0.05, 0.1) is 6.07 Å². The van der Waals surface area contributed by atoms with Crippen LogP contribution in [-0.2, 0) is 16.6 Å². The third-order valence-electron chi connectivity index (χ3n) is 1.73. The van der Waals surface area contributed by atoms with Crippen molar-refractivity contribution >= 4 is 10.0 Å². The van der Waals surface area contributed by atoms with Gasteiger partial charge in [-0.25, -0.2) is 13.1 Å². The van der Waals surface area contributed by atoms with Gasteiger partial charge in [-0.15, -0.1) is 0 Å². The molecule has 0 atom stereocenters. The summed E-state index contributed by atoms with van der Waals surface area (Å²) < 4.78 is 24.4. The topological polar surface area (TPSA) is 90.2 Å². The van der Waals surface area contributed by atoms with Gasteiger partial charge in [0.1, 0.15) is 5.75 Å². The Balaban J connectivity index is 2.67. The van der Waals surface area contributed by atoms with Gasteiger partial charge < -0.3 is 5.11 Å². The molecule has 0 amide bonds. The van der Waals surface area contributed by atoms with Crippen molar-refractivity contribution in [2.45, 2.75) is 6.54 Å². The van der Waals surface area contributed by atoms with E-state index in [1.165, 1.54) is 6.07 Å². The molecule has 0 aliphatic rings. The van der Waals surface area contributed by atoms with Crippen LogP contribution in [0.25, 0.3) is 0 Å². The Morgan fingerprint density at radius 3 is 2.67 bits per heavy atom. The van der Waals surface area contributed by atoms with Crippen LogP contribution in [0.2, 0.25) is 0 Å². The molecule has 2 N–H and O–H groups in total. The fourth-order valence-corrected chi connectivity index (χ4v) is 1.63. The van der Waals surface area contributed by atoms with Crippen LogP contribution >= 0.6 is 0 Å². The van der Waals surface area contributed by atoms with Gasteiger partial charge in [-0.3, -0.25) is 0 Å².